The minimum atomic E-state index is -0.632. The van der Waals surface area contributed by atoms with Crippen molar-refractivity contribution in [3.8, 4) is 6.07 Å². The predicted octanol–water partition coefficient (Wildman–Crippen LogP) is 1.24. The van der Waals surface area contributed by atoms with Gasteiger partial charge in [-0.1, -0.05) is 0 Å². The van der Waals surface area contributed by atoms with Gasteiger partial charge in [-0.3, -0.25) is 4.79 Å². The van der Waals surface area contributed by atoms with Gasteiger partial charge in [0.1, 0.15) is 6.54 Å². The van der Waals surface area contributed by atoms with E-state index in [-0.39, 0.29) is 19.1 Å². The molecule has 1 aromatic carbocycles. The van der Waals surface area contributed by atoms with Gasteiger partial charge in [-0.25, -0.2) is 4.79 Å². The highest BCUT2D eigenvalue weighted by atomic mass is 16.5. The first-order chi connectivity index (χ1) is 8.65. The molecular weight excluding hydrogens is 234 g/mol. The van der Waals surface area contributed by atoms with Gasteiger partial charge < -0.3 is 15.4 Å². The SMILES string of the molecule is CCOC(=O)NCC(=O)Nc1ccc(C#N)cc1. The number of hydrogen-bond donors (Lipinski definition) is 2. The molecule has 1 aromatic rings. The normalized spacial score (nSPS) is 9.11. The summed E-state index contributed by atoms with van der Waals surface area (Å²) in [5, 5.41) is 13.5. The first kappa shape index (κ1) is 13.5. The molecule has 0 spiro atoms. The molecule has 2 amide bonds. The Bertz CT molecular complexity index is 462. The van der Waals surface area contributed by atoms with Crippen LogP contribution in [0.25, 0.3) is 0 Å². The number of alkyl carbamates (subject to hydrolysis) is 1. The summed E-state index contributed by atoms with van der Waals surface area (Å²) in [5.74, 6) is -0.368. The van der Waals surface area contributed by atoms with E-state index in [4.69, 9.17) is 5.26 Å². The zero-order valence-corrected chi connectivity index (χ0v) is 9.90. The van der Waals surface area contributed by atoms with E-state index < -0.39 is 6.09 Å². The van der Waals surface area contributed by atoms with Gasteiger partial charge in [0.2, 0.25) is 5.91 Å². The van der Waals surface area contributed by atoms with Gasteiger partial charge in [0.05, 0.1) is 18.2 Å². The highest BCUT2D eigenvalue weighted by Gasteiger charge is 2.05. The van der Waals surface area contributed by atoms with Crippen molar-refractivity contribution in [2.24, 2.45) is 0 Å². The molecule has 0 saturated carbocycles. The Kier molecular flexibility index (Phi) is 5.19. The smallest absolute Gasteiger partial charge is 0.407 e. The van der Waals surface area contributed by atoms with Crippen LogP contribution in [0.1, 0.15) is 12.5 Å². The Morgan fingerprint density at radius 1 is 1.33 bits per heavy atom. The molecule has 0 aliphatic rings. The van der Waals surface area contributed by atoms with Gasteiger partial charge >= 0.3 is 6.09 Å². The third-order valence-corrected chi connectivity index (χ3v) is 1.97. The Hall–Kier alpha value is -2.55. The fourth-order valence-electron chi connectivity index (χ4n) is 1.17. The van der Waals surface area contributed by atoms with Crippen LogP contribution in [-0.4, -0.2) is 25.2 Å². The van der Waals surface area contributed by atoms with Crippen LogP contribution in [0.15, 0.2) is 24.3 Å². The lowest BCUT2D eigenvalue weighted by atomic mass is 10.2. The highest BCUT2D eigenvalue weighted by Crippen LogP contribution is 2.08. The topological polar surface area (TPSA) is 91.2 Å². The third kappa shape index (κ3) is 4.53. The van der Waals surface area contributed by atoms with Crippen LogP contribution in [-0.2, 0) is 9.53 Å². The highest BCUT2D eigenvalue weighted by molar-refractivity contribution is 5.93. The van der Waals surface area contributed by atoms with E-state index in [0.29, 0.717) is 11.3 Å². The fourth-order valence-corrected chi connectivity index (χ4v) is 1.17. The van der Waals surface area contributed by atoms with E-state index in [1.807, 2.05) is 6.07 Å². The van der Waals surface area contributed by atoms with E-state index in [0.717, 1.165) is 0 Å². The van der Waals surface area contributed by atoms with Crippen LogP contribution >= 0.6 is 0 Å². The van der Waals surface area contributed by atoms with E-state index in [9.17, 15) is 9.59 Å². The molecule has 1 rings (SSSR count). The second-order valence-electron chi connectivity index (χ2n) is 3.31. The molecule has 0 aliphatic carbocycles. The molecule has 0 bridgehead atoms. The number of benzene rings is 1. The Morgan fingerprint density at radius 3 is 2.56 bits per heavy atom. The van der Waals surface area contributed by atoms with Crippen LogP contribution in [0.3, 0.4) is 0 Å². The lowest BCUT2D eigenvalue weighted by molar-refractivity contribution is -0.115. The first-order valence-corrected chi connectivity index (χ1v) is 5.36. The summed E-state index contributed by atoms with van der Waals surface area (Å²) in [6.45, 7) is 1.76. The van der Waals surface area contributed by atoms with Crippen molar-refractivity contribution >= 4 is 17.7 Å². The number of hydrogen-bond acceptors (Lipinski definition) is 4. The maximum absolute atomic E-state index is 11.4. The third-order valence-electron chi connectivity index (χ3n) is 1.97. The molecule has 2 N–H and O–H groups in total. The second kappa shape index (κ2) is 6.91. The van der Waals surface area contributed by atoms with Crippen LogP contribution in [0.4, 0.5) is 10.5 Å². The maximum atomic E-state index is 11.4. The van der Waals surface area contributed by atoms with Crippen molar-refractivity contribution in [3.63, 3.8) is 0 Å². The molecule has 6 heteroatoms. The van der Waals surface area contributed by atoms with Crippen molar-refractivity contribution in [1.82, 2.24) is 5.32 Å². The molecule has 0 saturated heterocycles. The summed E-state index contributed by atoms with van der Waals surface area (Å²) < 4.78 is 4.61. The molecule has 0 heterocycles. The molecule has 94 valence electrons. The van der Waals surface area contributed by atoms with Crippen LogP contribution in [0.2, 0.25) is 0 Å². The standard InChI is InChI=1S/C12H13N3O3/c1-2-18-12(17)14-8-11(16)15-10-5-3-9(7-13)4-6-10/h3-6H,2,8H2,1H3,(H,14,17)(H,15,16). The van der Waals surface area contributed by atoms with Gasteiger partial charge in [-0.15, -0.1) is 0 Å². The number of carbonyl (C=O) groups excluding carboxylic acids is 2. The number of amides is 2. The summed E-state index contributed by atoms with van der Waals surface area (Å²) in [4.78, 5) is 22.4. The second-order valence-corrected chi connectivity index (χ2v) is 3.31. The molecule has 0 atom stereocenters. The van der Waals surface area contributed by atoms with Gasteiger partial charge in [0.15, 0.2) is 0 Å². The number of rotatable bonds is 4. The van der Waals surface area contributed by atoms with Crippen LogP contribution < -0.4 is 10.6 Å². The van der Waals surface area contributed by atoms with Gasteiger partial charge in [0, 0.05) is 5.69 Å². The van der Waals surface area contributed by atoms with E-state index in [1.54, 1.807) is 31.2 Å². The van der Waals surface area contributed by atoms with Gasteiger partial charge in [0.25, 0.3) is 0 Å². The van der Waals surface area contributed by atoms with Crippen molar-refractivity contribution < 1.29 is 14.3 Å². The lowest BCUT2D eigenvalue weighted by Crippen LogP contribution is -2.33. The van der Waals surface area contributed by atoms with E-state index in [1.165, 1.54) is 0 Å². The minimum absolute atomic E-state index is 0.168. The molecule has 0 aromatic heterocycles. The minimum Gasteiger partial charge on any atom is -0.450 e. The van der Waals surface area contributed by atoms with Crippen molar-refractivity contribution in [2.75, 3.05) is 18.5 Å². The Morgan fingerprint density at radius 2 is 2.00 bits per heavy atom. The Balaban J connectivity index is 2.40. The number of carbonyl (C=O) groups is 2. The summed E-state index contributed by atoms with van der Waals surface area (Å²) in [5.41, 5.74) is 1.07. The molecule has 0 unspecified atom stereocenters. The number of ether oxygens (including phenoxy) is 1. The quantitative estimate of drug-likeness (QED) is 0.837. The molecule has 6 nitrogen and oxygen atoms in total. The fraction of sp³-hybridized carbons (Fsp3) is 0.250. The molecule has 0 radical (unpaired) electrons. The zero-order chi connectivity index (χ0) is 13.4. The van der Waals surface area contributed by atoms with Crippen LogP contribution in [0, 0.1) is 11.3 Å². The Labute approximate surface area is 105 Å². The number of anilines is 1. The van der Waals surface area contributed by atoms with Crippen molar-refractivity contribution in [2.45, 2.75) is 6.92 Å². The predicted molar refractivity (Wildman–Crippen MR) is 64.8 cm³/mol. The average molecular weight is 247 g/mol. The summed E-state index contributed by atoms with van der Waals surface area (Å²) in [6.07, 6.45) is -0.632. The molecule has 18 heavy (non-hydrogen) atoms. The van der Waals surface area contributed by atoms with Crippen molar-refractivity contribution in [3.05, 3.63) is 29.8 Å². The molecule has 0 aliphatic heterocycles. The monoisotopic (exact) mass is 247 g/mol. The van der Waals surface area contributed by atoms with Gasteiger partial charge in [-0.05, 0) is 31.2 Å². The average Bonchev–Trinajstić information content (AvgIpc) is 2.38. The lowest BCUT2D eigenvalue weighted by Gasteiger charge is -2.06. The number of nitrogens with zero attached hydrogens (tertiary/aromatic N) is 1. The molecule has 0 fully saturated rings. The van der Waals surface area contributed by atoms with Crippen molar-refractivity contribution in [1.29, 1.82) is 5.26 Å². The van der Waals surface area contributed by atoms with Crippen LogP contribution in [0.5, 0.6) is 0 Å². The summed E-state index contributed by atoms with van der Waals surface area (Å²) >= 11 is 0. The largest absolute Gasteiger partial charge is 0.450 e. The number of nitriles is 1. The van der Waals surface area contributed by atoms with E-state index >= 15 is 0 Å². The molecular formula is C12H13N3O3. The summed E-state index contributed by atoms with van der Waals surface area (Å²) in [6, 6.07) is 8.38. The van der Waals surface area contributed by atoms with E-state index in [2.05, 4.69) is 15.4 Å². The van der Waals surface area contributed by atoms with Gasteiger partial charge in [-0.2, -0.15) is 5.26 Å². The number of nitrogens with one attached hydrogen (secondary N) is 2. The first-order valence-electron chi connectivity index (χ1n) is 5.36. The zero-order valence-electron chi connectivity index (χ0n) is 9.90. The summed E-state index contributed by atoms with van der Waals surface area (Å²) in [7, 11) is 0. The maximum Gasteiger partial charge on any atom is 0.407 e.